The molecule has 104 valence electrons. The molecule has 1 amide bonds. The molecule has 0 aliphatic heterocycles. The summed E-state index contributed by atoms with van der Waals surface area (Å²) in [5, 5.41) is 2.80. The van der Waals surface area contributed by atoms with Crippen molar-refractivity contribution in [3.63, 3.8) is 0 Å². The molecule has 1 rings (SSSR count). The summed E-state index contributed by atoms with van der Waals surface area (Å²) in [6.07, 6.45) is 1.23. The number of amides is 1. The minimum atomic E-state index is -0.530. The third kappa shape index (κ3) is 6.42. The van der Waals surface area contributed by atoms with Gasteiger partial charge in [0, 0.05) is 13.1 Å². The van der Waals surface area contributed by atoms with E-state index < -0.39 is 6.04 Å². The van der Waals surface area contributed by atoms with Crippen LogP contribution in [0, 0.1) is 0 Å². The molecule has 0 bridgehead atoms. The Morgan fingerprint density at radius 2 is 1.95 bits per heavy atom. The van der Waals surface area contributed by atoms with E-state index in [9.17, 15) is 4.79 Å². The molecule has 1 atom stereocenters. The van der Waals surface area contributed by atoms with Gasteiger partial charge in [0.15, 0.2) is 5.96 Å². The summed E-state index contributed by atoms with van der Waals surface area (Å²) < 4.78 is 0. The molecule has 0 aromatic heterocycles. The molecule has 6 heteroatoms. The number of hydrogen-bond acceptors (Lipinski definition) is 3. The van der Waals surface area contributed by atoms with Gasteiger partial charge in [-0.15, -0.1) is 0 Å². The zero-order valence-corrected chi connectivity index (χ0v) is 10.9. The van der Waals surface area contributed by atoms with Crippen LogP contribution in [-0.4, -0.2) is 24.5 Å². The van der Waals surface area contributed by atoms with Crippen LogP contribution in [0.15, 0.2) is 35.3 Å². The number of rotatable bonds is 7. The molecular formula is C13H21N5O. The van der Waals surface area contributed by atoms with E-state index in [1.54, 1.807) is 0 Å². The predicted octanol–water partition coefficient (Wildman–Crippen LogP) is -0.316. The monoisotopic (exact) mass is 263 g/mol. The highest BCUT2D eigenvalue weighted by atomic mass is 16.2. The van der Waals surface area contributed by atoms with Crippen molar-refractivity contribution in [2.24, 2.45) is 22.2 Å². The highest BCUT2D eigenvalue weighted by Crippen LogP contribution is 1.99. The molecule has 0 aliphatic rings. The summed E-state index contributed by atoms with van der Waals surface area (Å²) in [5.74, 6) is -0.101. The van der Waals surface area contributed by atoms with Gasteiger partial charge in [-0.2, -0.15) is 0 Å². The van der Waals surface area contributed by atoms with Gasteiger partial charge in [-0.3, -0.25) is 9.79 Å². The molecule has 0 aliphatic carbocycles. The van der Waals surface area contributed by atoms with Crippen molar-refractivity contribution >= 4 is 11.9 Å². The number of benzene rings is 1. The Labute approximate surface area is 113 Å². The standard InChI is InChI=1S/C13H21N5O/c14-11(7-4-8-17-13(15)16)12(19)18-9-10-5-2-1-3-6-10/h1-3,5-6,11H,4,7-9,14H2,(H,18,19)(H4,15,16,17). The van der Waals surface area contributed by atoms with Crippen LogP contribution in [0.3, 0.4) is 0 Å². The third-order valence-corrected chi connectivity index (χ3v) is 2.61. The van der Waals surface area contributed by atoms with E-state index in [-0.39, 0.29) is 11.9 Å². The Kier molecular flexibility index (Phi) is 6.38. The number of nitrogens with two attached hydrogens (primary N) is 3. The van der Waals surface area contributed by atoms with E-state index >= 15 is 0 Å². The highest BCUT2D eigenvalue weighted by molar-refractivity contribution is 5.81. The first-order valence-corrected chi connectivity index (χ1v) is 6.22. The fourth-order valence-corrected chi connectivity index (χ4v) is 1.57. The first-order valence-electron chi connectivity index (χ1n) is 6.22. The summed E-state index contributed by atoms with van der Waals surface area (Å²) in [4.78, 5) is 15.6. The van der Waals surface area contributed by atoms with Crippen molar-refractivity contribution in [2.75, 3.05) is 6.54 Å². The fraction of sp³-hybridized carbons (Fsp3) is 0.385. The number of carbonyl (C=O) groups is 1. The Morgan fingerprint density at radius 3 is 2.58 bits per heavy atom. The van der Waals surface area contributed by atoms with Gasteiger partial charge in [0.2, 0.25) is 5.91 Å². The van der Waals surface area contributed by atoms with Crippen molar-refractivity contribution in [3.05, 3.63) is 35.9 Å². The van der Waals surface area contributed by atoms with E-state index in [1.165, 1.54) is 0 Å². The average Bonchev–Trinajstić information content (AvgIpc) is 2.41. The molecule has 0 saturated heterocycles. The zero-order chi connectivity index (χ0) is 14.1. The smallest absolute Gasteiger partial charge is 0.237 e. The van der Waals surface area contributed by atoms with E-state index in [1.807, 2.05) is 30.3 Å². The predicted molar refractivity (Wildman–Crippen MR) is 76.2 cm³/mol. The van der Waals surface area contributed by atoms with Gasteiger partial charge in [-0.25, -0.2) is 0 Å². The summed E-state index contributed by atoms with van der Waals surface area (Å²) in [6, 6.07) is 9.15. The van der Waals surface area contributed by atoms with Gasteiger partial charge in [-0.05, 0) is 18.4 Å². The second-order valence-corrected chi connectivity index (χ2v) is 4.26. The van der Waals surface area contributed by atoms with Crippen molar-refractivity contribution in [2.45, 2.75) is 25.4 Å². The van der Waals surface area contributed by atoms with Gasteiger partial charge >= 0.3 is 0 Å². The minimum absolute atomic E-state index is 0.0575. The summed E-state index contributed by atoms with van der Waals surface area (Å²) in [7, 11) is 0. The molecule has 1 aromatic carbocycles. The van der Waals surface area contributed by atoms with Crippen LogP contribution in [0.4, 0.5) is 0 Å². The van der Waals surface area contributed by atoms with Crippen LogP contribution in [0.5, 0.6) is 0 Å². The van der Waals surface area contributed by atoms with Crippen LogP contribution >= 0.6 is 0 Å². The first-order chi connectivity index (χ1) is 9.09. The quantitative estimate of drug-likeness (QED) is 0.306. The second-order valence-electron chi connectivity index (χ2n) is 4.26. The Bertz CT molecular complexity index is 414. The third-order valence-electron chi connectivity index (χ3n) is 2.61. The summed E-state index contributed by atoms with van der Waals surface area (Å²) >= 11 is 0. The molecule has 1 unspecified atom stereocenters. The lowest BCUT2D eigenvalue weighted by molar-refractivity contribution is -0.122. The van der Waals surface area contributed by atoms with E-state index in [0.717, 1.165) is 5.56 Å². The lowest BCUT2D eigenvalue weighted by atomic mass is 10.1. The maximum atomic E-state index is 11.7. The van der Waals surface area contributed by atoms with Crippen LogP contribution in [-0.2, 0) is 11.3 Å². The fourth-order valence-electron chi connectivity index (χ4n) is 1.57. The molecule has 1 aromatic rings. The number of hydrogen-bond donors (Lipinski definition) is 4. The van der Waals surface area contributed by atoms with Gasteiger partial charge in [0.05, 0.1) is 6.04 Å². The number of nitrogens with one attached hydrogen (secondary N) is 1. The van der Waals surface area contributed by atoms with E-state index in [2.05, 4.69) is 10.3 Å². The largest absolute Gasteiger partial charge is 0.370 e. The SMILES string of the molecule is NC(N)=NCCCC(N)C(=O)NCc1ccccc1. The normalized spacial score (nSPS) is 11.6. The summed E-state index contributed by atoms with van der Waals surface area (Å²) in [5.41, 5.74) is 17.2. The molecule has 0 saturated carbocycles. The number of nitrogens with zero attached hydrogens (tertiary/aromatic N) is 1. The molecular weight excluding hydrogens is 242 g/mol. The average molecular weight is 263 g/mol. The number of carbonyl (C=O) groups excluding carboxylic acids is 1. The highest BCUT2D eigenvalue weighted by Gasteiger charge is 2.12. The van der Waals surface area contributed by atoms with Gasteiger partial charge in [-0.1, -0.05) is 30.3 Å². The van der Waals surface area contributed by atoms with E-state index in [4.69, 9.17) is 17.2 Å². The van der Waals surface area contributed by atoms with Crippen molar-refractivity contribution in [3.8, 4) is 0 Å². The van der Waals surface area contributed by atoms with Gasteiger partial charge < -0.3 is 22.5 Å². The summed E-state index contributed by atoms with van der Waals surface area (Å²) in [6.45, 7) is 0.975. The van der Waals surface area contributed by atoms with Crippen LogP contribution in [0.1, 0.15) is 18.4 Å². The van der Waals surface area contributed by atoms with Crippen molar-refractivity contribution < 1.29 is 4.79 Å². The number of aliphatic imine (C=N–C) groups is 1. The Hall–Kier alpha value is -2.08. The van der Waals surface area contributed by atoms with Crippen LogP contribution in [0.2, 0.25) is 0 Å². The molecule has 0 heterocycles. The van der Waals surface area contributed by atoms with Crippen molar-refractivity contribution in [1.29, 1.82) is 0 Å². The molecule has 6 nitrogen and oxygen atoms in total. The maximum Gasteiger partial charge on any atom is 0.237 e. The molecule has 7 N–H and O–H groups in total. The number of guanidine groups is 1. The van der Waals surface area contributed by atoms with Gasteiger partial charge in [0.25, 0.3) is 0 Å². The molecule has 0 fully saturated rings. The maximum absolute atomic E-state index is 11.7. The van der Waals surface area contributed by atoms with E-state index in [0.29, 0.717) is 25.9 Å². The molecule has 0 spiro atoms. The lowest BCUT2D eigenvalue weighted by Crippen LogP contribution is -2.40. The lowest BCUT2D eigenvalue weighted by Gasteiger charge is -2.11. The topological polar surface area (TPSA) is 120 Å². The molecule has 0 radical (unpaired) electrons. The van der Waals surface area contributed by atoms with Crippen LogP contribution in [0.25, 0.3) is 0 Å². The Balaban J connectivity index is 2.23. The molecule has 19 heavy (non-hydrogen) atoms. The van der Waals surface area contributed by atoms with Gasteiger partial charge in [0.1, 0.15) is 0 Å². The van der Waals surface area contributed by atoms with Crippen LogP contribution < -0.4 is 22.5 Å². The Morgan fingerprint density at radius 1 is 1.26 bits per heavy atom. The first kappa shape index (κ1) is 15.0. The van der Waals surface area contributed by atoms with Crippen molar-refractivity contribution in [1.82, 2.24) is 5.32 Å². The minimum Gasteiger partial charge on any atom is -0.370 e. The second kappa shape index (κ2) is 8.10. The zero-order valence-electron chi connectivity index (χ0n) is 10.9.